The van der Waals surface area contributed by atoms with Gasteiger partial charge in [0.2, 0.25) is 10.0 Å². The van der Waals surface area contributed by atoms with Gasteiger partial charge in [-0.2, -0.15) is 0 Å². The molecule has 0 aliphatic rings. The Labute approximate surface area is 104 Å². The van der Waals surface area contributed by atoms with E-state index in [-0.39, 0.29) is 4.90 Å². The van der Waals surface area contributed by atoms with E-state index in [1.54, 1.807) is 0 Å². The number of aromatic nitrogens is 1. The van der Waals surface area contributed by atoms with Crippen LogP contribution in [0.25, 0.3) is 11.1 Å². The summed E-state index contributed by atoms with van der Waals surface area (Å²) in [7, 11) is -2.00. The second kappa shape index (κ2) is 4.58. The Balaban J connectivity index is 2.53. The molecule has 1 N–H and O–H groups in total. The minimum atomic E-state index is -3.53. The van der Waals surface area contributed by atoms with Gasteiger partial charge in [-0.25, -0.2) is 17.9 Å². The maximum atomic E-state index is 11.9. The average Bonchev–Trinajstić information content (AvgIpc) is 2.62. The first-order valence-corrected chi connectivity index (χ1v) is 7.03. The van der Waals surface area contributed by atoms with Gasteiger partial charge in [0, 0.05) is 13.6 Å². The minimum absolute atomic E-state index is 0.125. The molecule has 1 aromatic heterocycles. The SMILES string of the molecule is CCCNS(=O)(=O)c1ccc2oc(=O)n(C)c2c1. The molecule has 0 radical (unpaired) electrons. The van der Waals surface area contributed by atoms with E-state index in [1.165, 1.54) is 29.8 Å². The molecule has 0 fully saturated rings. The van der Waals surface area contributed by atoms with Crippen LogP contribution < -0.4 is 10.5 Å². The molecule has 6 nitrogen and oxygen atoms in total. The first-order chi connectivity index (χ1) is 8.45. The lowest BCUT2D eigenvalue weighted by Gasteiger charge is -2.05. The van der Waals surface area contributed by atoms with Crippen LogP contribution in [0.1, 0.15) is 13.3 Å². The molecule has 0 saturated heterocycles. The highest BCUT2D eigenvalue weighted by Gasteiger charge is 2.15. The summed E-state index contributed by atoms with van der Waals surface area (Å²) in [5, 5.41) is 0. The molecule has 0 bridgehead atoms. The molecule has 0 spiro atoms. The van der Waals surface area contributed by atoms with Crippen LogP contribution >= 0.6 is 0 Å². The van der Waals surface area contributed by atoms with E-state index < -0.39 is 15.8 Å². The normalized spacial score (nSPS) is 12.1. The highest BCUT2D eigenvalue weighted by molar-refractivity contribution is 7.89. The molecule has 2 aromatic rings. The number of nitrogens with one attached hydrogen (secondary N) is 1. The molecule has 0 unspecified atom stereocenters. The van der Waals surface area contributed by atoms with E-state index in [9.17, 15) is 13.2 Å². The predicted molar refractivity (Wildman–Crippen MR) is 66.9 cm³/mol. The van der Waals surface area contributed by atoms with Crippen molar-refractivity contribution in [2.75, 3.05) is 6.54 Å². The van der Waals surface area contributed by atoms with Crippen molar-refractivity contribution in [3.05, 3.63) is 28.7 Å². The third-order valence-corrected chi connectivity index (χ3v) is 4.07. The average molecular weight is 270 g/mol. The van der Waals surface area contributed by atoms with Gasteiger partial charge >= 0.3 is 5.76 Å². The summed E-state index contributed by atoms with van der Waals surface area (Å²) in [6.45, 7) is 2.26. The van der Waals surface area contributed by atoms with Gasteiger partial charge in [0.15, 0.2) is 5.58 Å². The maximum Gasteiger partial charge on any atom is 0.419 e. The smallest absolute Gasteiger partial charge is 0.408 e. The number of hydrogen-bond acceptors (Lipinski definition) is 4. The van der Waals surface area contributed by atoms with E-state index in [4.69, 9.17) is 4.42 Å². The highest BCUT2D eigenvalue weighted by atomic mass is 32.2. The molecule has 0 atom stereocenters. The Morgan fingerprint density at radius 3 is 2.78 bits per heavy atom. The van der Waals surface area contributed by atoms with Crippen LogP contribution in [-0.4, -0.2) is 19.5 Å². The van der Waals surface area contributed by atoms with Crippen molar-refractivity contribution in [1.29, 1.82) is 0 Å². The molecule has 2 rings (SSSR count). The van der Waals surface area contributed by atoms with Gasteiger partial charge < -0.3 is 4.42 Å². The van der Waals surface area contributed by atoms with Crippen molar-refractivity contribution in [2.45, 2.75) is 18.2 Å². The zero-order valence-corrected chi connectivity index (χ0v) is 11.0. The number of oxazole rings is 1. The minimum Gasteiger partial charge on any atom is -0.408 e. The number of aryl methyl sites for hydroxylation is 1. The van der Waals surface area contributed by atoms with Crippen LogP contribution in [0.3, 0.4) is 0 Å². The van der Waals surface area contributed by atoms with Gasteiger partial charge in [-0.05, 0) is 24.6 Å². The van der Waals surface area contributed by atoms with E-state index in [2.05, 4.69) is 4.72 Å². The summed E-state index contributed by atoms with van der Waals surface area (Å²) in [6, 6.07) is 4.33. The molecule has 0 aliphatic heterocycles. The van der Waals surface area contributed by atoms with Crippen molar-refractivity contribution < 1.29 is 12.8 Å². The van der Waals surface area contributed by atoms with Gasteiger partial charge in [0.25, 0.3) is 0 Å². The second-order valence-corrected chi connectivity index (χ2v) is 5.72. The Kier molecular flexibility index (Phi) is 3.27. The van der Waals surface area contributed by atoms with Gasteiger partial charge in [-0.3, -0.25) is 4.57 Å². The van der Waals surface area contributed by atoms with Gasteiger partial charge in [-0.15, -0.1) is 0 Å². The number of rotatable bonds is 4. The number of sulfonamides is 1. The zero-order chi connectivity index (χ0) is 13.3. The van der Waals surface area contributed by atoms with Gasteiger partial charge in [0.1, 0.15) is 0 Å². The lowest BCUT2D eigenvalue weighted by molar-refractivity contribution is 0.528. The van der Waals surface area contributed by atoms with Crippen LogP contribution in [0.5, 0.6) is 0 Å². The van der Waals surface area contributed by atoms with Crippen LogP contribution in [0.4, 0.5) is 0 Å². The molecule has 1 aromatic carbocycles. The first-order valence-electron chi connectivity index (χ1n) is 5.55. The lowest BCUT2D eigenvalue weighted by Crippen LogP contribution is -2.24. The number of benzene rings is 1. The van der Waals surface area contributed by atoms with Crippen LogP contribution in [-0.2, 0) is 17.1 Å². The summed E-state index contributed by atoms with van der Waals surface area (Å²) in [4.78, 5) is 11.4. The largest absolute Gasteiger partial charge is 0.419 e. The number of nitrogens with zero attached hydrogens (tertiary/aromatic N) is 1. The monoisotopic (exact) mass is 270 g/mol. The van der Waals surface area contributed by atoms with Crippen molar-refractivity contribution >= 4 is 21.1 Å². The fourth-order valence-corrected chi connectivity index (χ4v) is 2.75. The molecular formula is C11H14N2O4S. The third-order valence-electron chi connectivity index (χ3n) is 2.62. The lowest BCUT2D eigenvalue weighted by atomic mass is 10.3. The van der Waals surface area contributed by atoms with Crippen LogP contribution in [0.15, 0.2) is 32.3 Å². The summed E-state index contributed by atoms with van der Waals surface area (Å²) in [5.41, 5.74) is 0.830. The Morgan fingerprint density at radius 1 is 1.39 bits per heavy atom. The van der Waals surface area contributed by atoms with E-state index in [0.717, 1.165) is 0 Å². The number of hydrogen-bond donors (Lipinski definition) is 1. The maximum absolute atomic E-state index is 11.9. The zero-order valence-electron chi connectivity index (χ0n) is 10.1. The second-order valence-electron chi connectivity index (χ2n) is 3.95. The van der Waals surface area contributed by atoms with Crippen molar-refractivity contribution in [3.8, 4) is 0 Å². The van der Waals surface area contributed by atoms with E-state index in [0.29, 0.717) is 24.1 Å². The molecule has 1 heterocycles. The fraction of sp³-hybridized carbons (Fsp3) is 0.364. The third kappa shape index (κ3) is 2.19. The summed E-state index contributed by atoms with van der Waals surface area (Å²) >= 11 is 0. The van der Waals surface area contributed by atoms with Gasteiger partial charge in [-0.1, -0.05) is 6.92 Å². The molecule has 7 heteroatoms. The number of fused-ring (bicyclic) bond motifs is 1. The van der Waals surface area contributed by atoms with Crippen LogP contribution in [0.2, 0.25) is 0 Å². The van der Waals surface area contributed by atoms with Crippen LogP contribution in [0, 0.1) is 0 Å². The van der Waals surface area contributed by atoms with Crippen molar-refractivity contribution in [3.63, 3.8) is 0 Å². The van der Waals surface area contributed by atoms with E-state index in [1.807, 2.05) is 6.92 Å². The highest BCUT2D eigenvalue weighted by Crippen LogP contribution is 2.17. The Bertz CT molecular complexity index is 727. The molecule has 18 heavy (non-hydrogen) atoms. The summed E-state index contributed by atoms with van der Waals surface area (Å²) < 4.78 is 32.5. The fourth-order valence-electron chi connectivity index (χ4n) is 1.59. The predicted octanol–water partition coefficient (Wildman–Crippen LogP) is 0.820. The standard InChI is InChI=1S/C11H14N2O4S/c1-3-6-12-18(15,16)8-4-5-10-9(7-8)13(2)11(14)17-10/h4-5,7,12H,3,6H2,1-2H3. The molecule has 0 amide bonds. The van der Waals surface area contributed by atoms with Crippen molar-refractivity contribution in [1.82, 2.24) is 9.29 Å². The molecular weight excluding hydrogens is 256 g/mol. The first kappa shape index (κ1) is 12.8. The van der Waals surface area contributed by atoms with Crippen molar-refractivity contribution in [2.24, 2.45) is 7.05 Å². The Morgan fingerprint density at radius 2 is 2.11 bits per heavy atom. The van der Waals surface area contributed by atoms with E-state index >= 15 is 0 Å². The molecule has 0 aliphatic carbocycles. The van der Waals surface area contributed by atoms with Gasteiger partial charge in [0.05, 0.1) is 10.4 Å². The Hall–Kier alpha value is -1.60. The topological polar surface area (TPSA) is 81.3 Å². The quantitative estimate of drug-likeness (QED) is 0.891. The molecule has 0 saturated carbocycles. The summed E-state index contributed by atoms with van der Waals surface area (Å²) in [6.07, 6.45) is 0.714. The summed E-state index contributed by atoms with van der Waals surface area (Å²) in [5.74, 6) is -0.513. The molecule has 98 valence electrons.